The Bertz CT molecular complexity index is 747. The fraction of sp³-hybridized carbons (Fsp3) is 0.444. The molecule has 0 atom stereocenters. The second-order valence-corrected chi connectivity index (χ2v) is 6.68. The van der Waals surface area contributed by atoms with Crippen molar-refractivity contribution in [3.63, 3.8) is 0 Å². The first-order valence-electron chi connectivity index (χ1n) is 8.34. The average molecular weight is 327 g/mol. The Labute approximate surface area is 140 Å². The molecule has 2 aromatic rings. The van der Waals surface area contributed by atoms with Gasteiger partial charge in [-0.25, -0.2) is 0 Å². The van der Waals surface area contributed by atoms with Gasteiger partial charge in [0, 0.05) is 38.0 Å². The van der Waals surface area contributed by atoms with E-state index in [0.29, 0.717) is 17.9 Å². The van der Waals surface area contributed by atoms with Gasteiger partial charge in [-0.2, -0.15) is 0 Å². The summed E-state index contributed by atoms with van der Waals surface area (Å²) in [6, 6.07) is 7.47. The van der Waals surface area contributed by atoms with Crippen LogP contribution in [0.4, 0.5) is 0 Å². The summed E-state index contributed by atoms with van der Waals surface area (Å²) in [5.41, 5.74) is 2.38. The molecule has 1 saturated heterocycles. The molecule has 1 fully saturated rings. The number of nitrogens with one attached hydrogen (secondary N) is 1. The van der Waals surface area contributed by atoms with E-state index >= 15 is 0 Å². The van der Waals surface area contributed by atoms with Gasteiger partial charge in [0.1, 0.15) is 23.3 Å². The molecule has 1 aromatic carbocycles. The van der Waals surface area contributed by atoms with Crippen LogP contribution in [0.25, 0.3) is 0 Å². The lowest BCUT2D eigenvalue weighted by Crippen LogP contribution is -2.53. The largest absolute Gasteiger partial charge is 0.485 e. The fourth-order valence-corrected chi connectivity index (χ4v) is 3.42. The summed E-state index contributed by atoms with van der Waals surface area (Å²) < 4.78 is 11.3. The second kappa shape index (κ2) is 5.94. The second-order valence-electron chi connectivity index (χ2n) is 6.68. The molecule has 24 heavy (non-hydrogen) atoms. The summed E-state index contributed by atoms with van der Waals surface area (Å²) in [4.78, 5) is 14.6. The molecule has 6 heteroatoms. The van der Waals surface area contributed by atoms with Gasteiger partial charge in [0.15, 0.2) is 0 Å². The Balaban J connectivity index is 1.47. The molecule has 0 bridgehead atoms. The number of aryl methyl sites for hydroxylation is 1. The molecule has 1 aromatic heterocycles. The number of rotatable bonds is 2. The number of carbonyl (C=O) groups excluding carboxylic acids is 1. The number of likely N-dealkylation sites (tertiary alicyclic amines) is 1. The summed E-state index contributed by atoms with van der Waals surface area (Å²) in [5.74, 6) is 0.636. The molecular weight excluding hydrogens is 306 g/mol. The molecule has 1 N–H and O–H groups in total. The number of piperidine rings is 1. The highest BCUT2D eigenvalue weighted by Crippen LogP contribution is 2.33. The maximum absolute atomic E-state index is 12.2. The highest BCUT2D eigenvalue weighted by molar-refractivity contribution is 5.97. The van der Waals surface area contributed by atoms with E-state index in [1.807, 2.05) is 31.2 Å². The third-order valence-corrected chi connectivity index (χ3v) is 5.02. The zero-order valence-corrected chi connectivity index (χ0v) is 13.7. The first-order chi connectivity index (χ1) is 11.7. The average Bonchev–Trinajstić information content (AvgIpc) is 2.94. The Morgan fingerprint density at radius 3 is 2.83 bits per heavy atom. The van der Waals surface area contributed by atoms with Crippen molar-refractivity contribution < 1.29 is 14.1 Å². The third-order valence-electron chi connectivity index (χ3n) is 5.02. The number of benzene rings is 1. The van der Waals surface area contributed by atoms with E-state index in [1.54, 1.807) is 6.26 Å². The van der Waals surface area contributed by atoms with Crippen LogP contribution < -0.4 is 10.1 Å². The highest BCUT2D eigenvalue weighted by atomic mass is 16.5. The van der Waals surface area contributed by atoms with Crippen LogP contribution in [0.2, 0.25) is 0 Å². The molecule has 1 amide bonds. The molecule has 2 aliphatic rings. The Morgan fingerprint density at radius 2 is 2.08 bits per heavy atom. The Hall–Kier alpha value is -2.34. The zero-order chi connectivity index (χ0) is 16.6. The monoisotopic (exact) mass is 327 g/mol. The van der Waals surface area contributed by atoms with Crippen molar-refractivity contribution >= 4 is 5.91 Å². The first-order valence-corrected chi connectivity index (χ1v) is 8.34. The lowest BCUT2D eigenvalue weighted by molar-refractivity contribution is 0.00343. The molecular formula is C18H21N3O3. The summed E-state index contributed by atoms with van der Waals surface area (Å²) >= 11 is 0. The zero-order valence-electron chi connectivity index (χ0n) is 13.7. The number of carbonyl (C=O) groups is 1. The van der Waals surface area contributed by atoms with Crippen LogP contribution in [0.15, 0.2) is 35.1 Å². The lowest BCUT2D eigenvalue weighted by atomic mass is 9.90. The van der Waals surface area contributed by atoms with Gasteiger partial charge < -0.3 is 14.6 Å². The maximum atomic E-state index is 12.2. The summed E-state index contributed by atoms with van der Waals surface area (Å²) in [6.07, 6.45) is 3.43. The van der Waals surface area contributed by atoms with Crippen LogP contribution in [0.3, 0.4) is 0 Å². The van der Waals surface area contributed by atoms with Gasteiger partial charge in [-0.15, -0.1) is 0 Å². The van der Waals surface area contributed by atoms with Gasteiger partial charge in [-0.3, -0.25) is 9.69 Å². The molecule has 1 spiro atoms. The van der Waals surface area contributed by atoms with Crippen LogP contribution in [0.5, 0.6) is 5.75 Å². The van der Waals surface area contributed by atoms with Gasteiger partial charge in [0.2, 0.25) is 0 Å². The van der Waals surface area contributed by atoms with Crippen molar-refractivity contribution in [3.8, 4) is 5.75 Å². The number of ether oxygens (including phenoxy) is 1. The fourth-order valence-electron chi connectivity index (χ4n) is 3.42. The van der Waals surface area contributed by atoms with E-state index in [2.05, 4.69) is 15.4 Å². The number of fused-ring (bicyclic) bond motifs is 1. The van der Waals surface area contributed by atoms with Crippen LogP contribution in [0.1, 0.15) is 34.5 Å². The lowest BCUT2D eigenvalue weighted by Gasteiger charge is -2.40. The van der Waals surface area contributed by atoms with E-state index in [4.69, 9.17) is 9.26 Å². The molecule has 0 radical (unpaired) electrons. The minimum absolute atomic E-state index is 0.0527. The standard InChI is InChI=1S/C18H21N3O3/c1-13-11-23-20-15(13)10-21-8-6-18(7-9-21)12-19-17(22)14-4-2-3-5-16(14)24-18/h2-5,11H,6-10,12H2,1H3,(H,19,22). The molecule has 6 nitrogen and oxygen atoms in total. The predicted octanol–water partition coefficient (Wildman–Crippen LogP) is 2.14. The Morgan fingerprint density at radius 1 is 1.29 bits per heavy atom. The summed E-state index contributed by atoms with van der Waals surface area (Å²) in [7, 11) is 0. The topological polar surface area (TPSA) is 67.6 Å². The van der Waals surface area contributed by atoms with E-state index in [1.165, 1.54) is 0 Å². The minimum Gasteiger partial charge on any atom is -0.485 e. The third kappa shape index (κ3) is 2.78. The van der Waals surface area contributed by atoms with Gasteiger partial charge in [-0.1, -0.05) is 17.3 Å². The van der Waals surface area contributed by atoms with Crippen molar-refractivity contribution in [1.82, 2.24) is 15.4 Å². The van der Waals surface area contributed by atoms with Gasteiger partial charge >= 0.3 is 0 Å². The molecule has 126 valence electrons. The molecule has 3 heterocycles. The van der Waals surface area contributed by atoms with Gasteiger partial charge in [-0.05, 0) is 19.1 Å². The van der Waals surface area contributed by atoms with E-state index in [0.717, 1.165) is 43.7 Å². The molecule has 0 saturated carbocycles. The molecule has 4 rings (SSSR count). The van der Waals surface area contributed by atoms with Crippen molar-refractivity contribution in [2.24, 2.45) is 0 Å². The summed E-state index contributed by atoms with van der Waals surface area (Å²) in [5, 5.41) is 7.08. The van der Waals surface area contributed by atoms with Gasteiger partial charge in [0.25, 0.3) is 5.91 Å². The van der Waals surface area contributed by atoms with E-state index < -0.39 is 0 Å². The SMILES string of the molecule is Cc1conc1CN1CCC2(CC1)CNC(=O)c1ccccc1O2. The number of aromatic nitrogens is 1. The van der Waals surface area contributed by atoms with Crippen LogP contribution in [-0.4, -0.2) is 41.2 Å². The maximum Gasteiger partial charge on any atom is 0.255 e. The normalized spacial score (nSPS) is 20.1. The van der Waals surface area contributed by atoms with E-state index in [9.17, 15) is 4.79 Å². The van der Waals surface area contributed by atoms with Crippen molar-refractivity contribution in [2.45, 2.75) is 31.9 Å². The molecule has 2 aliphatic heterocycles. The van der Waals surface area contributed by atoms with E-state index in [-0.39, 0.29) is 11.5 Å². The number of para-hydroxylation sites is 1. The Kier molecular flexibility index (Phi) is 3.76. The first kappa shape index (κ1) is 15.2. The smallest absolute Gasteiger partial charge is 0.255 e. The summed E-state index contributed by atoms with van der Waals surface area (Å²) in [6.45, 7) is 5.17. The van der Waals surface area contributed by atoms with Crippen LogP contribution in [-0.2, 0) is 6.54 Å². The number of nitrogens with zero attached hydrogens (tertiary/aromatic N) is 2. The minimum atomic E-state index is -0.322. The van der Waals surface area contributed by atoms with Gasteiger partial charge in [0.05, 0.1) is 12.1 Å². The van der Waals surface area contributed by atoms with Crippen molar-refractivity contribution in [3.05, 3.63) is 47.3 Å². The van der Waals surface area contributed by atoms with Crippen molar-refractivity contribution in [2.75, 3.05) is 19.6 Å². The number of amides is 1. The van der Waals surface area contributed by atoms with Crippen LogP contribution >= 0.6 is 0 Å². The highest BCUT2D eigenvalue weighted by Gasteiger charge is 2.40. The number of hydrogen-bond donors (Lipinski definition) is 1. The van der Waals surface area contributed by atoms with Crippen LogP contribution in [0, 0.1) is 6.92 Å². The predicted molar refractivity (Wildman–Crippen MR) is 87.9 cm³/mol. The number of hydrogen-bond acceptors (Lipinski definition) is 5. The molecule has 0 unspecified atom stereocenters. The molecule has 0 aliphatic carbocycles. The van der Waals surface area contributed by atoms with Crippen molar-refractivity contribution in [1.29, 1.82) is 0 Å². The quantitative estimate of drug-likeness (QED) is 0.915.